The van der Waals surface area contributed by atoms with Crippen LogP contribution in [0.5, 0.6) is 0 Å². The smallest absolute Gasteiger partial charge is 0.224 e. The molecule has 1 aromatic rings. The van der Waals surface area contributed by atoms with Gasteiger partial charge < -0.3 is 14.5 Å². The maximum Gasteiger partial charge on any atom is 0.224 e. The lowest BCUT2D eigenvalue weighted by molar-refractivity contribution is -0.130. The molecule has 0 radical (unpaired) electrons. The molecule has 5 heteroatoms. The van der Waals surface area contributed by atoms with Gasteiger partial charge in [-0.25, -0.2) is 0 Å². The molecule has 2 saturated heterocycles. The van der Waals surface area contributed by atoms with Gasteiger partial charge >= 0.3 is 0 Å². The van der Waals surface area contributed by atoms with Crippen LogP contribution < -0.4 is 5.32 Å². The second kappa shape index (κ2) is 7.28. The van der Waals surface area contributed by atoms with E-state index in [1.54, 1.807) is 6.26 Å². The first kappa shape index (κ1) is 16.2. The predicted octanol–water partition coefficient (Wildman–Crippen LogP) is 2.57. The first-order valence-corrected chi connectivity index (χ1v) is 9.45. The Bertz CT molecular complexity index is 539. The van der Waals surface area contributed by atoms with Gasteiger partial charge in [-0.05, 0) is 43.7 Å². The molecule has 1 amide bonds. The van der Waals surface area contributed by atoms with E-state index in [1.807, 2.05) is 12.1 Å². The van der Waals surface area contributed by atoms with Crippen molar-refractivity contribution in [3.63, 3.8) is 0 Å². The van der Waals surface area contributed by atoms with Gasteiger partial charge in [0, 0.05) is 25.7 Å². The Morgan fingerprint density at radius 3 is 2.96 bits per heavy atom. The van der Waals surface area contributed by atoms with E-state index in [0.29, 0.717) is 12.6 Å². The number of nitrogens with zero attached hydrogens (tertiary/aromatic N) is 1. The highest BCUT2D eigenvalue weighted by Crippen LogP contribution is 2.34. The van der Waals surface area contributed by atoms with Gasteiger partial charge in [0.05, 0.1) is 24.8 Å². The minimum Gasteiger partial charge on any atom is -0.467 e. The Hall–Kier alpha value is -1.33. The SMILES string of the molecule is O=C(NCc1ccco1)[C@@H]1C[C@@H]2OCC[C@@H]2N(CC2CCCC2)C1. The van der Waals surface area contributed by atoms with Gasteiger partial charge in [0.2, 0.25) is 5.91 Å². The summed E-state index contributed by atoms with van der Waals surface area (Å²) >= 11 is 0. The van der Waals surface area contributed by atoms with Crippen molar-refractivity contribution in [2.24, 2.45) is 11.8 Å². The number of ether oxygens (including phenoxy) is 1. The van der Waals surface area contributed by atoms with Gasteiger partial charge in [-0.3, -0.25) is 9.69 Å². The standard InChI is InChI=1S/C19H28N2O3/c22-19(20-11-16-6-3-8-23-16)15-10-18-17(7-9-24-18)21(13-15)12-14-4-1-2-5-14/h3,6,8,14-15,17-18H,1-2,4-5,7,9-13H2,(H,20,22)/t15-,17+,18+/m1/s1. The number of carbonyl (C=O) groups is 1. The number of rotatable bonds is 5. The molecule has 0 aromatic carbocycles. The molecule has 3 atom stereocenters. The molecule has 2 aliphatic heterocycles. The second-order valence-electron chi connectivity index (χ2n) is 7.60. The van der Waals surface area contributed by atoms with E-state index in [-0.39, 0.29) is 17.9 Å². The monoisotopic (exact) mass is 332 g/mol. The lowest BCUT2D eigenvalue weighted by Crippen LogP contribution is -2.53. The molecule has 1 saturated carbocycles. The van der Waals surface area contributed by atoms with Crippen molar-refractivity contribution in [3.05, 3.63) is 24.2 Å². The van der Waals surface area contributed by atoms with Crippen LogP contribution in [0.3, 0.4) is 0 Å². The van der Waals surface area contributed by atoms with Crippen molar-refractivity contribution < 1.29 is 13.9 Å². The lowest BCUT2D eigenvalue weighted by Gasteiger charge is -2.41. The average Bonchev–Trinajstić information content (AvgIpc) is 3.33. The van der Waals surface area contributed by atoms with Crippen LogP contribution >= 0.6 is 0 Å². The summed E-state index contributed by atoms with van der Waals surface area (Å²) in [5.74, 6) is 1.78. The molecule has 1 N–H and O–H groups in total. The number of amides is 1. The van der Waals surface area contributed by atoms with Gasteiger partial charge in [0.15, 0.2) is 0 Å². The van der Waals surface area contributed by atoms with E-state index < -0.39 is 0 Å². The highest BCUT2D eigenvalue weighted by Gasteiger charge is 2.42. The van der Waals surface area contributed by atoms with Gasteiger partial charge in [-0.1, -0.05) is 12.8 Å². The van der Waals surface area contributed by atoms with Crippen molar-refractivity contribution >= 4 is 5.91 Å². The third-order valence-corrected chi connectivity index (χ3v) is 5.97. The van der Waals surface area contributed by atoms with Crippen LogP contribution in [-0.2, 0) is 16.1 Å². The number of nitrogens with one attached hydrogen (secondary N) is 1. The highest BCUT2D eigenvalue weighted by atomic mass is 16.5. The summed E-state index contributed by atoms with van der Waals surface area (Å²) in [7, 11) is 0. The Balaban J connectivity index is 1.36. The molecule has 1 aliphatic carbocycles. The summed E-state index contributed by atoms with van der Waals surface area (Å²) in [5, 5.41) is 3.03. The predicted molar refractivity (Wildman–Crippen MR) is 90.3 cm³/mol. The van der Waals surface area contributed by atoms with Crippen molar-refractivity contribution in [1.29, 1.82) is 0 Å². The summed E-state index contributed by atoms with van der Waals surface area (Å²) in [6.07, 6.45) is 9.30. The highest BCUT2D eigenvalue weighted by molar-refractivity contribution is 5.79. The van der Waals surface area contributed by atoms with Crippen molar-refractivity contribution in [2.75, 3.05) is 19.7 Å². The summed E-state index contributed by atoms with van der Waals surface area (Å²) in [4.78, 5) is 15.2. The van der Waals surface area contributed by atoms with Crippen LogP contribution in [0, 0.1) is 11.8 Å². The van der Waals surface area contributed by atoms with Crippen molar-refractivity contribution in [1.82, 2.24) is 10.2 Å². The number of hydrogen-bond acceptors (Lipinski definition) is 4. The zero-order valence-electron chi connectivity index (χ0n) is 14.3. The lowest BCUT2D eigenvalue weighted by atomic mass is 9.88. The molecule has 1 aromatic heterocycles. The first-order chi connectivity index (χ1) is 11.8. The minimum atomic E-state index is 0.0284. The van der Waals surface area contributed by atoms with E-state index in [4.69, 9.17) is 9.15 Å². The van der Waals surface area contributed by atoms with Crippen molar-refractivity contribution in [2.45, 2.75) is 57.2 Å². The Morgan fingerprint density at radius 2 is 2.17 bits per heavy atom. The largest absolute Gasteiger partial charge is 0.467 e. The molecule has 0 bridgehead atoms. The van der Waals surface area contributed by atoms with Crippen LogP contribution in [0.4, 0.5) is 0 Å². The summed E-state index contributed by atoms with van der Waals surface area (Å²) in [6.45, 7) is 3.34. The average molecular weight is 332 g/mol. The molecule has 3 fully saturated rings. The molecule has 3 aliphatic rings. The van der Waals surface area contributed by atoms with Gasteiger partial charge in [0.25, 0.3) is 0 Å². The molecule has 3 heterocycles. The van der Waals surface area contributed by atoms with E-state index in [1.165, 1.54) is 25.7 Å². The van der Waals surface area contributed by atoms with Crippen molar-refractivity contribution in [3.8, 4) is 0 Å². The summed E-state index contributed by atoms with van der Waals surface area (Å²) in [5.41, 5.74) is 0. The zero-order valence-corrected chi connectivity index (χ0v) is 14.3. The number of hydrogen-bond donors (Lipinski definition) is 1. The fourth-order valence-corrected chi connectivity index (χ4v) is 4.71. The van der Waals surface area contributed by atoms with E-state index in [9.17, 15) is 4.79 Å². The number of piperidine rings is 1. The van der Waals surface area contributed by atoms with Crippen LogP contribution in [0.2, 0.25) is 0 Å². The maximum atomic E-state index is 12.6. The summed E-state index contributed by atoms with van der Waals surface area (Å²) < 4.78 is 11.2. The van der Waals surface area contributed by atoms with Crippen LogP contribution in [0.15, 0.2) is 22.8 Å². The molecule has 0 spiro atoms. The van der Waals surface area contributed by atoms with Crippen LogP contribution in [-0.4, -0.2) is 42.6 Å². The van der Waals surface area contributed by atoms with Crippen LogP contribution in [0.1, 0.15) is 44.3 Å². The fraction of sp³-hybridized carbons (Fsp3) is 0.737. The quantitative estimate of drug-likeness (QED) is 0.900. The Labute approximate surface area is 143 Å². The first-order valence-electron chi connectivity index (χ1n) is 9.45. The Kier molecular flexibility index (Phi) is 4.90. The number of likely N-dealkylation sites (tertiary alicyclic amines) is 1. The van der Waals surface area contributed by atoms with Crippen LogP contribution in [0.25, 0.3) is 0 Å². The molecule has 0 unspecified atom stereocenters. The van der Waals surface area contributed by atoms with Gasteiger partial charge in [0.1, 0.15) is 5.76 Å². The molecular formula is C19H28N2O3. The molecule has 24 heavy (non-hydrogen) atoms. The molecule has 4 rings (SSSR count). The number of carbonyl (C=O) groups excluding carboxylic acids is 1. The number of fused-ring (bicyclic) bond motifs is 1. The minimum absolute atomic E-state index is 0.0284. The fourth-order valence-electron chi connectivity index (χ4n) is 4.71. The third-order valence-electron chi connectivity index (χ3n) is 5.97. The molecular weight excluding hydrogens is 304 g/mol. The second-order valence-corrected chi connectivity index (χ2v) is 7.60. The van der Waals surface area contributed by atoms with Gasteiger partial charge in [-0.2, -0.15) is 0 Å². The van der Waals surface area contributed by atoms with E-state index in [0.717, 1.165) is 44.2 Å². The van der Waals surface area contributed by atoms with E-state index >= 15 is 0 Å². The topological polar surface area (TPSA) is 54.7 Å². The zero-order chi connectivity index (χ0) is 16.4. The van der Waals surface area contributed by atoms with Gasteiger partial charge in [-0.15, -0.1) is 0 Å². The summed E-state index contributed by atoms with van der Waals surface area (Å²) in [6, 6.07) is 4.27. The maximum absolute atomic E-state index is 12.6. The third kappa shape index (κ3) is 3.52. The molecule has 132 valence electrons. The number of furan rings is 1. The van der Waals surface area contributed by atoms with E-state index in [2.05, 4.69) is 10.2 Å². The normalized spacial score (nSPS) is 31.2. The molecule has 5 nitrogen and oxygen atoms in total. The Morgan fingerprint density at radius 1 is 1.29 bits per heavy atom.